The molecule has 1 aliphatic rings. The number of methoxy groups -OCH3 is 1. The summed E-state index contributed by atoms with van der Waals surface area (Å²) in [5.41, 5.74) is -0.229. The minimum atomic E-state index is -1.10. The van der Waals surface area contributed by atoms with E-state index in [1.165, 1.54) is 24.3 Å². The van der Waals surface area contributed by atoms with Crippen molar-refractivity contribution in [1.82, 2.24) is 4.90 Å². The molecule has 9 nitrogen and oxygen atoms in total. The Bertz CT molecular complexity index is 769. The van der Waals surface area contributed by atoms with Crippen molar-refractivity contribution in [3.8, 4) is 0 Å². The Morgan fingerprint density at radius 1 is 1.42 bits per heavy atom. The molecule has 0 unspecified atom stereocenters. The van der Waals surface area contributed by atoms with Crippen LogP contribution in [0.1, 0.15) is 18.5 Å². The van der Waals surface area contributed by atoms with Crippen molar-refractivity contribution in [2.45, 2.75) is 13.0 Å². The van der Waals surface area contributed by atoms with Gasteiger partial charge in [-0.05, 0) is 12.5 Å². The van der Waals surface area contributed by atoms with Crippen LogP contribution in [0.3, 0.4) is 0 Å². The number of nitrogens with zero attached hydrogens (tertiary/aromatic N) is 2. The lowest BCUT2D eigenvalue weighted by Gasteiger charge is -2.25. The predicted molar refractivity (Wildman–Crippen MR) is 79.9 cm³/mol. The Hall–Kier alpha value is -3.23. The SMILES string of the molecule is COC(=O)CN1C(=O)C(O)=C(C(C)=O)[C@H]1c1cccc([N+](=O)[O-])c1. The maximum atomic E-state index is 12.2. The molecule has 0 spiro atoms. The number of nitro groups is 1. The lowest BCUT2D eigenvalue weighted by Crippen LogP contribution is -2.36. The highest BCUT2D eigenvalue weighted by Crippen LogP contribution is 2.38. The molecule has 0 bridgehead atoms. The largest absolute Gasteiger partial charge is 0.503 e. The second-order valence-electron chi connectivity index (χ2n) is 5.08. The number of non-ortho nitro benzene ring substituents is 1. The summed E-state index contributed by atoms with van der Waals surface area (Å²) in [6, 6.07) is 4.19. The quantitative estimate of drug-likeness (QED) is 0.484. The second kappa shape index (κ2) is 6.49. The minimum absolute atomic E-state index is 0.218. The van der Waals surface area contributed by atoms with Crippen LogP contribution >= 0.6 is 0 Å². The number of rotatable bonds is 5. The maximum absolute atomic E-state index is 12.2. The van der Waals surface area contributed by atoms with Crippen LogP contribution < -0.4 is 0 Å². The van der Waals surface area contributed by atoms with Gasteiger partial charge < -0.3 is 14.7 Å². The number of nitro benzene ring substituents is 1. The first-order chi connectivity index (χ1) is 11.3. The first-order valence-corrected chi connectivity index (χ1v) is 6.84. The van der Waals surface area contributed by atoms with Crippen LogP contribution in [0.25, 0.3) is 0 Å². The van der Waals surface area contributed by atoms with Crippen LogP contribution in [-0.2, 0) is 19.1 Å². The number of amides is 1. The van der Waals surface area contributed by atoms with Crippen molar-refractivity contribution >= 4 is 23.3 Å². The summed E-state index contributed by atoms with van der Waals surface area (Å²) in [5, 5.41) is 20.9. The molecule has 126 valence electrons. The lowest BCUT2D eigenvalue weighted by atomic mass is 9.96. The number of hydrogen-bond donors (Lipinski definition) is 1. The van der Waals surface area contributed by atoms with E-state index in [4.69, 9.17) is 0 Å². The van der Waals surface area contributed by atoms with Gasteiger partial charge in [-0.1, -0.05) is 12.1 Å². The molecule has 1 aliphatic heterocycles. The first kappa shape index (κ1) is 17.1. The third-order valence-electron chi connectivity index (χ3n) is 3.61. The molecule has 24 heavy (non-hydrogen) atoms. The van der Waals surface area contributed by atoms with Gasteiger partial charge in [-0.2, -0.15) is 0 Å². The summed E-state index contributed by atoms with van der Waals surface area (Å²) >= 11 is 0. The summed E-state index contributed by atoms with van der Waals surface area (Å²) in [5.74, 6) is -3.02. The van der Waals surface area contributed by atoms with E-state index in [1.54, 1.807) is 0 Å². The van der Waals surface area contributed by atoms with Gasteiger partial charge in [0.25, 0.3) is 11.6 Å². The smallest absolute Gasteiger partial charge is 0.325 e. The fourth-order valence-corrected chi connectivity index (χ4v) is 2.53. The van der Waals surface area contributed by atoms with Gasteiger partial charge in [0.05, 0.1) is 23.6 Å². The van der Waals surface area contributed by atoms with E-state index in [0.29, 0.717) is 0 Å². The highest BCUT2D eigenvalue weighted by molar-refractivity contribution is 6.08. The normalized spacial score (nSPS) is 17.2. The minimum Gasteiger partial charge on any atom is -0.503 e. The Kier molecular flexibility index (Phi) is 4.63. The Balaban J connectivity index is 2.56. The molecule has 9 heteroatoms. The van der Waals surface area contributed by atoms with Gasteiger partial charge in [0.1, 0.15) is 6.54 Å². The molecule has 0 aliphatic carbocycles. The van der Waals surface area contributed by atoms with Crippen LogP contribution in [0.15, 0.2) is 35.6 Å². The van der Waals surface area contributed by atoms with E-state index < -0.39 is 40.9 Å². The van der Waals surface area contributed by atoms with E-state index in [-0.39, 0.29) is 16.8 Å². The van der Waals surface area contributed by atoms with Gasteiger partial charge in [0, 0.05) is 12.1 Å². The first-order valence-electron chi connectivity index (χ1n) is 6.84. The molecule has 0 radical (unpaired) electrons. The molecule has 1 aromatic rings. The van der Waals surface area contributed by atoms with E-state index in [1.807, 2.05) is 0 Å². The van der Waals surface area contributed by atoms with E-state index in [0.717, 1.165) is 18.9 Å². The zero-order chi connectivity index (χ0) is 18.0. The van der Waals surface area contributed by atoms with Crippen molar-refractivity contribution in [2.75, 3.05) is 13.7 Å². The zero-order valence-electron chi connectivity index (χ0n) is 12.9. The van der Waals surface area contributed by atoms with Gasteiger partial charge in [-0.25, -0.2) is 0 Å². The summed E-state index contributed by atoms with van der Waals surface area (Å²) in [6.07, 6.45) is 0. The van der Waals surface area contributed by atoms with Crippen molar-refractivity contribution < 1.29 is 29.2 Å². The Morgan fingerprint density at radius 3 is 2.62 bits per heavy atom. The van der Waals surface area contributed by atoms with E-state index in [9.17, 15) is 29.6 Å². The van der Waals surface area contributed by atoms with E-state index >= 15 is 0 Å². The summed E-state index contributed by atoms with van der Waals surface area (Å²) in [6.45, 7) is 0.647. The van der Waals surface area contributed by atoms with Gasteiger partial charge in [0.2, 0.25) is 0 Å². The average molecular weight is 334 g/mol. The molecular weight excluding hydrogens is 320 g/mol. The number of carbonyl (C=O) groups excluding carboxylic acids is 3. The predicted octanol–water partition coefficient (Wildman–Crippen LogP) is 1.05. The number of carbonyl (C=O) groups is 3. The fourth-order valence-electron chi connectivity index (χ4n) is 2.53. The van der Waals surface area contributed by atoms with Gasteiger partial charge in [-0.3, -0.25) is 24.5 Å². The Labute approximate surface area is 136 Å². The van der Waals surface area contributed by atoms with Crippen LogP contribution in [-0.4, -0.2) is 46.2 Å². The van der Waals surface area contributed by atoms with E-state index in [2.05, 4.69) is 4.74 Å². The van der Waals surface area contributed by atoms with Crippen LogP contribution in [0.2, 0.25) is 0 Å². The molecular formula is C15H14N2O7. The second-order valence-corrected chi connectivity index (χ2v) is 5.08. The topological polar surface area (TPSA) is 127 Å². The zero-order valence-corrected chi connectivity index (χ0v) is 12.9. The van der Waals surface area contributed by atoms with Gasteiger partial charge in [-0.15, -0.1) is 0 Å². The van der Waals surface area contributed by atoms with Crippen LogP contribution in [0.4, 0.5) is 5.69 Å². The number of aliphatic hydroxyl groups excluding tert-OH is 1. The molecule has 0 aromatic heterocycles. The number of benzene rings is 1. The monoisotopic (exact) mass is 334 g/mol. The number of esters is 1. The molecule has 1 heterocycles. The van der Waals surface area contributed by atoms with Gasteiger partial charge in [0.15, 0.2) is 11.5 Å². The molecule has 0 saturated carbocycles. The molecule has 2 rings (SSSR count). The average Bonchev–Trinajstić information content (AvgIpc) is 2.79. The maximum Gasteiger partial charge on any atom is 0.325 e. The molecule has 0 fully saturated rings. The lowest BCUT2D eigenvalue weighted by molar-refractivity contribution is -0.384. The summed E-state index contributed by atoms with van der Waals surface area (Å²) in [7, 11) is 1.13. The number of Topliss-reactive ketones (excluding diaryl/α,β-unsaturated/α-hetero) is 1. The molecule has 0 saturated heterocycles. The standard InChI is InChI=1S/C15H14N2O7/c1-8(18)12-13(9-4-3-5-10(6-9)17(22)23)16(7-11(19)24-2)15(21)14(12)20/h3-6,13,20H,7H2,1-2H3/t13-/m1/s1. The molecule has 1 atom stereocenters. The number of hydrogen-bond acceptors (Lipinski definition) is 7. The third kappa shape index (κ3) is 2.96. The van der Waals surface area contributed by atoms with Crippen LogP contribution in [0.5, 0.6) is 0 Å². The van der Waals surface area contributed by atoms with Crippen molar-refractivity contribution in [2.24, 2.45) is 0 Å². The molecule has 1 N–H and O–H groups in total. The highest BCUT2D eigenvalue weighted by atomic mass is 16.6. The summed E-state index contributed by atoms with van der Waals surface area (Å²) < 4.78 is 4.51. The third-order valence-corrected chi connectivity index (χ3v) is 3.61. The fraction of sp³-hybridized carbons (Fsp3) is 0.267. The van der Waals surface area contributed by atoms with Gasteiger partial charge >= 0.3 is 5.97 Å². The number of aliphatic hydroxyl groups is 1. The number of ether oxygens (including phenoxy) is 1. The molecule has 1 aromatic carbocycles. The Morgan fingerprint density at radius 2 is 2.08 bits per heavy atom. The number of ketones is 1. The van der Waals surface area contributed by atoms with Crippen molar-refractivity contribution in [1.29, 1.82) is 0 Å². The van der Waals surface area contributed by atoms with Crippen LogP contribution in [0, 0.1) is 10.1 Å². The molecule has 1 amide bonds. The van der Waals surface area contributed by atoms with Crippen molar-refractivity contribution in [3.05, 3.63) is 51.3 Å². The highest BCUT2D eigenvalue weighted by Gasteiger charge is 2.43. The summed E-state index contributed by atoms with van der Waals surface area (Å²) in [4.78, 5) is 46.9. The van der Waals surface area contributed by atoms with Crippen molar-refractivity contribution in [3.63, 3.8) is 0 Å².